The van der Waals surface area contributed by atoms with Crippen molar-refractivity contribution in [2.75, 3.05) is 0 Å². The van der Waals surface area contributed by atoms with Crippen molar-refractivity contribution in [3.05, 3.63) is 35.6 Å². The Morgan fingerprint density at radius 3 is 2.20 bits per heavy atom. The highest BCUT2D eigenvalue weighted by molar-refractivity contribution is 5.29. The maximum Gasteiger partial charge on any atom is -0.00299 e. The van der Waals surface area contributed by atoms with Gasteiger partial charge < -0.3 is 5.73 Å². The van der Waals surface area contributed by atoms with Crippen molar-refractivity contribution >= 4 is 0 Å². The van der Waals surface area contributed by atoms with Gasteiger partial charge in [0.15, 0.2) is 0 Å². The number of rotatable bonds is 2. The zero-order valence-corrected chi connectivity index (χ0v) is 6.89. The summed E-state index contributed by atoms with van der Waals surface area (Å²) >= 11 is 0. The normalized spacial score (nSPS) is 14.7. The van der Waals surface area contributed by atoms with E-state index in [9.17, 15) is 0 Å². The lowest BCUT2D eigenvalue weighted by Gasteiger charge is -1.95. The fourth-order valence-electron chi connectivity index (χ4n) is 0.503. The monoisotopic (exact) mass is 137 g/mol. The van der Waals surface area contributed by atoms with Crippen LogP contribution in [0.1, 0.15) is 20.8 Å². The molecule has 0 saturated carbocycles. The lowest BCUT2D eigenvalue weighted by atomic mass is 10.1. The quantitative estimate of drug-likeness (QED) is 0.581. The number of hydrogen-bond donors (Lipinski definition) is 1. The maximum atomic E-state index is 5.32. The van der Waals surface area contributed by atoms with Gasteiger partial charge in [-0.3, -0.25) is 0 Å². The first-order valence-corrected chi connectivity index (χ1v) is 3.40. The Balaban J connectivity index is 4.19. The Kier molecular flexibility index (Phi) is 4.38. The van der Waals surface area contributed by atoms with Crippen LogP contribution in [-0.4, -0.2) is 0 Å². The van der Waals surface area contributed by atoms with E-state index in [-0.39, 0.29) is 0 Å². The molecule has 56 valence electrons. The van der Waals surface area contributed by atoms with E-state index in [4.69, 9.17) is 5.73 Å². The molecule has 0 amide bonds. The van der Waals surface area contributed by atoms with Gasteiger partial charge in [0.1, 0.15) is 0 Å². The maximum absolute atomic E-state index is 5.32. The highest BCUT2D eigenvalue weighted by atomic mass is 14.5. The van der Waals surface area contributed by atoms with Crippen LogP contribution >= 0.6 is 0 Å². The molecule has 0 radical (unpaired) electrons. The van der Waals surface area contributed by atoms with Crippen molar-refractivity contribution in [2.45, 2.75) is 20.8 Å². The number of nitrogens with two attached hydrogens (primary N) is 1. The second-order valence-corrected chi connectivity index (χ2v) is 2.23. The summed E-state index contributed by atoms with van der Waals surface area (Å²) in [5.74, 6) is 0. The molecular formula is C9H15N. The van der Waals surface area contributed by atoms with Crippen LogP contribution in [0.4, 0.5) is 0 Å². The topological polar surface area (TPSA) is 26.0 Å². The molecule has 2 N–H and O–H groups in total. The number of hydrogen-bond acceptors (Lipinski definition) is 1. The predicted molar refractivity (Wildman–Crippen MR) is 46.5 cm³/mol. The fraction of sp³-hybridized carbons (Fsp3) is 0.333. The van der Waals surface area contributed by atoms with E-state index in [1.54, 1.807) is 6.20 Å². The average Bonchev–Trinajstić information content (AvgIpc) is 1.98. The SMILES string of the molecule is C\C=C/C=C(C)/C(C)=C/N. The summed E-state index contributed by atoms with van der Waals surface area (Å²) in [5.41, 5.74) is 7.65. The molecule has 0 rings (SSSR count). The highest BCUT2D eigenvalue weighted by Crippen LogP contribution is 2.05. The first-order valence-electron chi connectivity index (χ1n) is 3.40. The molecule has 0 saturated heterocycles. The van der Waals surface area contributed by atoms with Gasteiger partial charge in [-0.05, 0) is 38.1 Å². The van der Waals surface area contributed by atoms with Gasteiger partial charge in [0.25, 0.3) is 0 Å². The Bertz CT molecular complexity index is 173. The van der Waals surface area contributed by atoms with E-state index in [0.29, 0.717) is 0 Å². The summed E-state index contributed by atoms with van der Waals surface area (Å²) in [5, 5.41) is 0. The summed E-state index contributed by atoms with van der Waals surface area (Å²) < 4.78 is 0. The fourth-order valence-corrected chi connectivity index (χ4v) is 0.503. The van der Waals surface area contributed by atoms with Gasteiger partial charge in [-0.15, -0.1) is 0 Å². The van der Waals surface area contributed by atoms with Crippen LogP contribution in [0.2, 0.25) is 0 Å². The minimum absolute atomic E-state index is 1.12. The zero-order chi connectivity index (χ0) is 7.98. The third kappa shape index (κ3) is 3.13. The van der Waals surface area contributed by atoms with Crippen LogP contribution in [0, 0.1) is 0 Å². The molecule has 0 aromatic carbocycles. The van der Waals surface area contributed by atoms with Crippen molar-refractivity contribution in [3.8, 4) is 0 Å². The van der Waals surface area contributed by atoms with Gasteiger partial charge in [0.2, 0.25) is 0 Å². The molecule has 0 unspecified atom stereocenters. The smallest absolute Gasteiger partial charge is 0.00299 e. The van der Waals surface area contributed by atoms with Crippen LogP contribution in [0.5, 0.6) is 0 Å². The van der Waals surface area contributed by atoms with Crippen LogP contribution in [-0.2, 0) is 0 Å². The first kappa shape index (κ1) is 9.02. The molecule has 0 atom stereocenters. The van der Waals surface area contributed by atoms with E-state index in [1.165, 1.54) is 5.57 Å². The van der Waals surface area contributed by atoms with Crippen LogP contribution < -0.4 is 5.73 Å². The standard InChI is InChI=1S/C9H15N/c1-4-5-6-8(2)9(3)7-10/h4-7H,10H2,1-3H3/b5-4-,8-6+,9-7+. The van der Waals surface area contributed by atoms with Gasteiger partial charge in [0.05, 0.1) is 0 Å². The van der Waals surface area contributed by atoms with Crippen molar-refractivity contribution in [3.63, 3.8) is 0 Å². The van der Waals surface area contributed by atoms with Crippen molar-refractivity contribution in [1.82, 2.24) is 0 Å². The third-order valence-corrected chi connectivity index (χ3v) is 1.41. The Morgan fingerprint density at radius 1 is 1.20 bits per heavy atom. The van der Waals surface area contributed by atoms with Crippen LogP contribution in [0.3, 0.4) is 0 Å². The Labute approximate surface area is 62.9 Å². The minimum atomic E-state index is 1.12. The van der Waals surface area contributed by atoms with Gasteiger partial charge >= 0.3 is 0 Å². The predicted octanol–water partition coefficient (Wildman–Crippen LogP) is 2.37. The Morgan fingerprint density at radius 2 is 1.80 bits per heavy atom. The molecule has 0 heterocycles. The third-order valence-electron chi connectivity index (χ3n) is 1.41. The lowest BCUT2D eigenvalue weighted by molar-refractivity contribution is 1.31. The number of allylic oxidation sites excluding steroid dienone is 5. The van der Waals surface area contributed by atoms with E-state index in [2.05, 4.69) is 0 Å². The summed E-state index contributed by atoms with van der Waals surface area (Å²) in [6.07, 6.45) is 7.66. The van der Waals surface area contributed by atoms with E-state index < -0.39 is 0 Å². The van der Waals surface area contributed by atoms with E-state index >= 15 is 0 Å². The van der Waals surface area contributed by atoms with Crippen LogP contribution in [0.15, 0.2) is 35.6 Å². The van der Waals surface area contributed by atoms with E-state index in [1.807, 2.05) is 39.0 Å². The van der Waals surface area contributed by atoms with Gasteiger partial charge in [0, 0.05) is 0 Å². The largest absolute Gasteiger partial charge is 0.404 e. The summed E-state index contributed by atoms with van der Waals surface area (Å²) in [6, 6.07) is 0. The molecule has 0 spiro atoms. The molecule has 1 nitrogen and oxygen atoms in total. The summed E-state index contributed by atoms with van der Waals surface area (Å²) in [7, 11) is 0. The minimum Gasteiger partial charge on any atom is -0.404 e. The van der Waals surface area contributed by atoms with Crippen LogP contribution in [0.25, 0.3) is 0 Å². The van der Waals surface area contributed by atoms with Gasteiger partial charge in [-0.25, -0.2) is 0 Å². The lowest BCUT2D eigenvalue weighted by Crippen LogP contribution is -1.85. The molecule has 0 bridgehead atoms. The molecule has 0 aromatic heterocycles. The highest BCUT2D eigenvalue weighted by Gasteiger charge is 1.86. The van der Waals surface area contributed by atoms with E-state index in [0.717, 1.165) is 5.57 Å². The summed E-state index contributed by atoms with van der Waals surface area (Å²) in [6.45, 7) is 6.03. The second kappa shape index (κ2) is 4.86. The molecular weight excluding hydrogens is 122 g/mol. The van der Waals surface area contributed by atoms with Crippen molar-refractivity contribution < 1.29 is 0 Å². The second-order valence-electron chi connectivity index (χ2n) is 2.23. The van der Waals surface area contributed by atoms with Gasteiger partial charge in [-0.2, -0.15) is 0 Å². The molecule has 1 heteroatoms. The first-order chi connectivity index (χ1) is 4.72. The molecule has 10 heavy (non-hydrogen) atoms. The summed E-state index contributed by atoms with van der Waals surface area (Å²) in [4.78, 5) is 0. The van der Waals surface area contributed by atoms with Crippen molar-refractivity contribution in [1.29, 1.82) is 0 Å². The average molecular weight is 137 g/mol. The Hall–Kier alpha value is -0.980. The molecule has 0 fully saturated rings. The van der Waals surface area contributed by atoms with Crippen molar-refractivity contribution in [2.24, 2.45) is 5.73 Å². The molecule has 0 aliphatic heterocycles. The molecule has 0 aromatic rings. The van der Waals surface area contributed by atoms with Gasteiger partial charge in [-0.1, -0.05) is 18.2 Å². The molecule has 0 aliphatic rings. The molecule has 0 aliphatic carbocycles. The zero-order valence-electron chi connectivity index (χ0n) is 6.89.